The molecule has 0 aromatic carbocycles. The first kappa shape index (κ1) is 14.9. The monoisotopic (exact) mass is 217 g/mol. The lowest BCUT2D eigenvalue weighted by Crippen LogP contribution is -2.42. The standard InChI is InChI=1S/C12H27NO2/c1-6-7-12(3,10-14)9-13(4)11(2)8-15-5/h11,14H,6-10H2,1-5H3. The predicted molar refractivity (Wildman–Crippen MR) is 64.1 cm³/mol. The second kappa shape index (κ2) is 7.20. The predicted octanol–water partition coefficient (Wildman–Crippen LogP) is 1.75. The van der Waals surface area contributed by atoms with Crippen molar-refractivity contribution in [2.24, 2.45) is 5.41 Å². The first-order valence-electron chi connectivity index (χ1n) is 5.79. The number of hydrogen-bond donors (Lipinski definition) is 1. The number of hydrogen-bond acceptors (Lipinski definition) is 3. The normalized spacial score (nSPS) is 17.8. The van der Waals surface area contributed by atoms with Crippen molar-refractivity contribution in [1.82, 2.24) is 4.90 Å². The molecule has 0 aromatic rings. The third kappa shape index (κ3) is 5.50. The molecule has 0 radical (unpaired) electrons. The summed E-state index contributed by atoms with van der Waals surface area (Å²) in [6.45, 7) is 8.36. The summed E-state index contributed by atoms with van der Waals surface area (Å²) >= 11 is 0. The van der Waals surface area contributed by atoms with E-state index >= 15 is 0 Å². The first-order chi connectivity index (χ1) is 6.99. The minimum atomic E-state index is 0.0193. The summed E-state index contributed by atoms with van der Waals surface area (Å²) in [4.78, 5) is 2.26. The first-order valence-corrected chi connectivity index (χ1v) is 5.79. The van der Waals surface area contributed by atoms with E-state index in [-0.39, 0.29) is 12.0 Å². The zero-order valence-corrected chi connectivity index (χ0v) is 10.9. The fraction of sp³-hybridized carbons (Fsp3) is 1.00. The van der Waals surface area contributed by atoms with Crippen LogP contribution in [0.1, 0.15) is 33.6 Å². The fourth-order valence-electron chi connectivity index (χ4n) is 1.94. The zero-order valence-electron chi connectivity index (χ0n) is 10.9. The van der Waals surface area contributed by atoms with E-state index in [1.807, 2.05) is 0 Å². The van der Waals surface area contributed by atoms with Gasteiger partial charge in [0.05, 0.1) is 6.61 Å². The van der Waals surface area contributed by atoms with Gasteiger partial charge in [0.15, 0.2) is 0 Å². The summed E-state index contributed by atoms with van der Waals surface area (Å²) in [5.41, 5.74) is 0.0193. The highest BCUT2D eigenvalue weighted by Gasteiger charge is 2.25. The van der Waals surface area contributed by atoms with Gasteiger partial charge in [0, 0.05) is 31.7 Å². The molecule has 0 aliphatic rings. The quantitative estimate of drug-likeness (QED) is 0.672. The summed E-state index contributed by atoms with van der Waals surface area (Å²) in [7, 11) is 3.81. The van der Waals surface area contributed by atoms with Crippen LogP contribution < -0.4 is 0 Å². The Labute approximate surface area is 94.4 Å². The maximum atomic E-state index is 9.42. The molecular formula is C12H27NO2. The van der Waals surface area contributed by atoms with E-state index in [0.29, 0.717) is 6.04 Å². The fourth-order valence-corrected chi connectivity index (χ4v) is 1.94. The van der Waals surface area contributed by atoms with Gasteiger partial charge in [-0.3, -0.25) is 0 Å². The number of nitrogens with zero attached hydrogens (tertiary/aromatic N) is 1. The Kier molecular flexibility index (Phi) is 7.14. The van der Waals surface area contributed by atoms with Crippen LogP contribution in [-0.4, -0.2) is 50.0 Å². The molecule has 0 aliphatic carbocycles. The summed E-state index contributed by atoms with van der Waals surface area (Å²) < 4.78 is 5.13. The van der Waals surface area contributed by atoms with Crippen LogP contribution in [0, 0.1) is 5.41 Å². The van der Waals surface area contributed by atoms with Gasteiger partial charge in [0.1, 0.15) is 0 Å². The Balaban J connectivity index is 4.15. The largest absolute Gasteiger partial charge is 0.396 e. The van der Waals surface area contributed by atoms with Crippen molar-refractivity contribution in [2.75, 3.05) is 33.9 Å². The molecule has 1 N–H and O–H groups in total. The summed E-state index contributed by atoms with van der Waals surface area (Å²) in [5.74, 6) is 0. The molecule has 3 heteroatoms. The van der Waals surface area contributed by atoms with Crippen molar-refractivity contribution in [3.63, 3.8) is 0 Å². The van der Waals surface area contributed by atoms with E-state index in [9.17, 15) is 5.11 Å². The molecule has 0 amide bonds. The molecule has 0 bridgehead atoms. The van der Waals surface area contributed by atoms with Crippen molar-refractivity contribution in [2.45, 2.75) is 39.7 Å². The second-order valence-corrected chi connectivity index (χ2v) is 4.94. The summed E-state index contributed by atoms with van der Waals surface area (Å²) in [5, 5.41) is 9.42. The molecule has 0 heterocycles. The maximum Gasteiger partial charge on any atom is 0.0615 e. The smallest absolute Gasteiger partial charge is 0.0615 e. The van der Waals surface area contributed by atoms with E-state index in [1.54, 1.807) is 7.11 Å². The minimum absolute atomic E-state index is 0.0193. The molecule has 15 heavy (non-hydrogen) atoms. The lowest BCUT2D eigenvalue weighted by atomic mass is 9.86. The molecular weight excluding hydrogens is 190 g/mol. The van der Waals surface area contributed by atoms with E-state index < -0.39 is 0 Å². The van der Waals surface area contributed by atoms with Gasteiger partial charge in [-0.1, -0.05) is 20.3 Å². The van der Waals surface area contributed by atoms with Crippen LogP contribution in [0.15, 0.2) is 0 Å². The Hall–Kier alpha value is -0.120. The molecule has 0 saturated carbocycles. The zero-order chi connectivity index (χ0) is 11.9. The third-order valence-electron chi connectivity index (χ3n) is 3.03. The molecule has 2 unspecified atom stereocenters. The third-order valence-corrected chi connectivity index (χ3v) is 3.03. The highest BCUT2D eigenvalue weighted by atomic mass is 16.5. The minimum Gasteiger partial charge on any atom is -0.396 e. The Bertz CT molecular complexity index is 164. The van der Waals surface area contributed by atoms with Crippen LogP contribution in [0.4, 0.5) is 0 Å². The van der Waals surface area contributed by atoms with Gasteiger partial charge in [-0.2, -0.15) is 0 Å². The van der Waals surface area contributed by atoms with Gasteiger partial charge in [-0.15, -0.1) is 0 Å². The van der Waals surface area contributed by atoms with Crippen LogP contribution in [0.25, 0.3) is 0 Å². The van der Waals surface area contributed by atoms with Crippen molar-refractivity contribution >= 4 is 0 Å². The maximum absolute atomic E-state index is 9.42. The molecule has 0 fully saturated rings. The van der Waals surface area contributed by atoms with Gasteiger partial charge in [-0.05, 0) is 20.4 Å². The average Bonchev–Trinajstić information content (AvgIpc) is 2.18. The average molecular weight is 217 g/mol. The number of rotatable bonds is 8. The van der Waals surface area contributed by atoms with Crippen LogP contribution in [0.2, 0.25) is 0 Å². The lowest BCUT2D eigenvalue weighted by molar-refractivity contribution is 0.0512. The van der Waals surface area contributed by atoms with Crippen LogP contribution in [0.5, 0.6) is 0 Å². The number of aliphatic hydroxyl groups is 1. The Morgan fingerprint density at radius 3 is 2.47 bits per heavy atom. The molecule has 0 spiro atoms. The molecule has 0 saturated heterocycles. The molecule has 3 nitrogen and oxygen atoms in total. The van der Waals surface area contributed by atoms with E-state index in [0.717, 1.165) is 26.0 Å². The van der Waals surface area contributed by atoms with E-state index in [2.05, 4.69) is 32.7 Å². The van der Waals surface area contributed by atoms with Crippen LogP contribution >= 0.6 is 0 Å². The van der Waals surface area contributed by atoms with Crippen molar-refractivity contribution in [3.05, 3.63) is 0 Å². The van der Waals surface area contributed by atoms with Gasteiger partial charge in [0.2, 0.25) is 0 Å². The van der Waals surface area contributed by atoms with Crippen molar-refractivity contribution in [1.29, 1.82) is 0 Å². The van der Waals surface area contributed by atoms with Crippen molar-refractivity contribution in [3.8, 4) is 0 Å². The van der Waals surface area contributed by atoms with Crippen molar-refractivity contribution < 1.29 is 9.84 Å². The number of ether oxygens (including phenoxy) is 1. The Morgan fingerprint density at radius 2 is 2.07 bits per heavy atom. The molecule has 92 valence electrons. The van der Waals surface area contributed by atoms with Crippen LogP contribution in [-0.2, 0) is 4.74 Å². The highest BCUT2D eigenvalue weighted by molar-refractivity contribution is 4.78. The van der Waals surface area contributed by atoms with E-state index in [1.165, 1.54) is 0 Å². The van der Waals surface area contributed by atoms with E-state index in [4.69, 9.17) is 4.74 Å². The molecule has 0 rings (SSSR count). The van der Waals surface area contributed by atoms with Gasteiger partial charge < -0.3 is 14.7 Å². The summed E-state index contributed by atoms with van der Waals surface area (Å²) in [6.07, 6.45) is 2.18. The number of methoxy groups -OCH3 is 1. The molecule has 0 aliphatic heterocycles. The molecule has 2 atom stereocenters. The molecule has 0 aromatic heterocycles. The van der Waals surface area contributed by atoms with Gasteiger partial charge in [-0.25, -0.2) is 0 Å². The SMILES string of the molecule is CCCC(C)(CO)CN(C)C(C)COC. The van der Waals surface area contributed by atoms with Crippen LogP contribution in [0.3, 0.4) is 0 Å². The lowest BCUT2D eigenvalue weighted by Gasteiger charge is -2.35. The van der Waals surface area contributed by atoms with Gasteiger partial charge >= 0.3 is 0 Å². The number of aliphatic hydroxyl groups excluding tert-OH is 1. The highest BCUT2D eigenvalue weighted by Crippen LogP contribution is 2.24. The van der Waals surface area contributed by atoms with Gasteiger partial charge in [0.25, 0.3) is 0 Å². The summed E-state index contributed by atoms with van der Waals surface area (Å²) in [6, 6.07) is 0.401. The topological polar surface area (TPSA) is 32.7 Å². The number of likely N-dealkylation sites (N-methyl/N-ethyl adjacent to an activating group) is 1. The Morgan fingerprint density at radius 1 is 1.47 bits per heavy atom. The second-order valence-electron chi connectivity index (χ2n) is 4.94.